The molecule has 1 aliphatic rings. The Bertz CT molecular complexity index is 508. The maximum Gasteiger partial charge on any atom is 0.224 e. The number of carbonyl (C=O) groups is 1. The van der Waals surface area contributed by atoms with E-state index in [0.717, 1.165) is 6.07 Å². The van der Waals surface area contributed by atoms with Gasteiger partial charge in [-0.05, 0) is 37.5 Å². The van der Waals surface area contributed by atoms with E-state index in [1.54, 1.807) is 18.7 Å². The van der Waals surface area contributed by atoms with Gasteiger partial charge in [0.2, 0.25) is 5.91 Å². The number of halogens is 3. The van der Waals surface area contributed by atoms with Gasteiger partial charge >= 0.3 is 0 Å². The standard InChI is InChI=1S/C14H18F2N2O.ClH/c1-8(17)5-14(19)18-4-3-11-12(9(18)2)6-10(15)7-13(11)16;/h6-9H,3-5,17H2,1-2H3;1H. The van der Waals surface area contributed by atoms with E-state index in [4.69, 9.17) is 5.73 Å². The fourth-order valence-corrected chi connectivity index (χ4v) is 2.59. The van der Waals surface area contributed by atoms with E-state index in [9.17, 15) is 13.6 Å². The second-order valence-corrected chi connectivity index (χ2v) is 5.15. The number of carbonyl (C=O) groups excluding carboxylic acids is 1. The van der Waals surface area contributed by atoms with E-state index in [0.29, 0.717) is 24.1 Å². The van der Waals surface area contributed by atoms with Crippen molar-refractivity contribution in [1.29, 1.82) is 0 Å². The number of hydrogen-bond donors (Lipinski definition) is 1. The predicted molar refractivity (Wildman–Crippen MR) is 75.7 cm³/mol. The molecule has 2 atom stereocenters. The van der Waals surface area contributed by atoms with Gasteiger partial charge in [-0.1, -0.05) is 0 Å². The SMILES string of the molecule is CC(N)CC(=O)N1CCc2c(F)cc(F)cc2C1C.Cl. The first-order valence-corrected chi connectivity index (χ1v) is 6.43. The largest absolute Gasteiger partial charge is 0.336 e. The molecule has 2 unspecified atom stereocenters. The molecule has 0 saturated heterocycles. The molecule has 2 N–H and O–H groups in total. The van der Waals surface area contributed by atoms with Gasteiger partial charge in [-0.15, -0.1) is 12.4 Å². The van der Waals surface area contributed by atoms with E-state index in [1.807, 2.05) is 0 Å². The van der Waals surface area contributed by atoms with Crippen LogP contribution in [0.15, 0.2) is 12.1 Å². The van der Waals surface area contributed by atoms with Crippen LogP contribution < -0.4 is 5.73 Å². The summed E-state index contributed by atoms with van der Waals surface area (Å²) in [6, 6.07) is 1.67. The Morgan fingerprint density at radius 3 is 2.75 bits per heavy atom. The van der Waals surface area contributed by atoms with Crippen LogP contribution in [0.5, 0.6) is 0 Å². The fourth-order valence-electron chi connectivity index (χ4n) is 2.59. The fraction of sp³-hybridized carbons (Fsp3) is 0.500. The Morgan fingerprint density at radius 2 is 2.15 bits per heavy atom. The van der Waals surface area contributed by atoms with Crippen LogP contribution >= 0.6 is 12.4 Å². The third-order valence-corrected chi connectivity index (χ3v) is 3.53. The summed E-state index contributed by atoms with van der Waals surface area (Å²) in [6.45, 7) is 4.00. The summed E-state index contributed by atoms with van der Waals surface area (Å²) in [4.78, 5) is 13.7. The monoisotopic (exact) mass is 304 g/mol. The minimum absolute atomic E-state index is 0. The van der Waals surface area contributed by atoms with Gasteiger partial charge in [0.05, 0.1) is 6.04 Å². The van der Waals surface area contributed by atoms with Crippen LogP contribution in [-0.2, 0) is 11.2 Å². The lowest BCUT2D eigenvalue weighted by atomic mass is 9.92. The van der Waals surface area contributed by atoms with E-state index in [2.05, 4.69) is 0 Å². The highest BCUT2D eigenvalue weighted by Crippen LogP contribution is 2.32. The van der Waals surface area contributed by atoms with Crippen LogP contribution in [-0.4, -0.2) is 23.4 Å². The average Bonchev–Trinajstić information content (AvgIpc) is 2.29. The molecule has 0 spiro atoms. The Balaban J connectivity index is 0.00000200. The van der Waals surface area contributed by atoms with Crippen molar-refractivity contribution >= 4 is 18.3 Å². The van der Waals surface area contributed by atoms with Gasteiger partial charge in [-0.3, -0.25) is 4.79 Å². The third-order valence-electron chi connectivity index (χ3n) is 3.53. The topological polar surface area (TPSA) is 46.3 Å². The van der Waals surface area contributed by atoms with Crippen molar-refractivity contribution in [2.45, 2.75) is 38.8 Å². The molecule has 3 nitrogen and oxygen atoms in total. The van der Waals surface area contributed by atoms with Crippen molar-refractivity contribution in [3.05, 3.63) is 34.9 Å². The molecule has 0 saturated carbocycles. The zero-order chi connectivity index (χ0) is 14.2. The molecule has 0 aromatic heterocycles. The van der Waals surface area contributed by atoms with Crippen LogP contribution in [0.25, 0.3) is 0 Å². The quantitative estimate of drug-likeness (QED) is 0.913. The molecule has 0 fully saturated rings. The van der Waals surface area contributed by atoms with E-state index in [-0.39, 0.29) is 36.8 Å². The van der Waals surface area contributed by atoms with Gasteiger partial charge in [-0.25, -0.2) is 8.78 Å². The number of fused-ring (bicyclic) bond motifs is 1. The molecule has 1 heterocycles. The molecule has 6 heteroatoms. The lowest BCUT2D eigenvalue weighted by Crippen LogP contribution is -2.41. The Morgan fingerprint density at radius 1 is 1.50 bits per heavy atom. The number of rotatable bonds is 2. The Hall–Kier alpha value is -1.20. The smallest absolute Gasteiger partial charge is 0.224 e. The summed E-state index contributed by atoms with van der Waals surface area (Å²) in [6.07, 6.45) is 0.661. The highest BCUT2D eigenvalue weighted by Gasteiger charge is 2.29. The van der Waals surface area contributed by atoms with Crippen molar-refractivity contribution in [1.82, 2.24) is 4.90 Å². The first kappa shape index (κ1) is 16.9. The van der Waals surface area contributed by atoms with Crippen LogP contribution in [0.1, 0.15) is 37.4 Å². The number of amides is 1. The van der Waals surface area contributed by atoms with Crippen molar-refractivity contribution in [2.75, 3.05) is 6.54 Å². The maximum absolute atomic E-state index is 13.7. The maximum atomic E-state index is 13.7. The van der Waals surface area contributed by atoms with Crippen molar-refractivity contribution in [3.63, 3.8) is 0 Å². The van der Waals surface area contributed by atoms with Gasteiger partial charge in [0.15, 0.2) is 0 Å². The minimum Gasteiger partial charge on any atom is -0.336 e. The van der Waals surface area contributed by atoms with Gasteiger partial charge in [0.1, 0.15) is 11.6 Å². The van der Waals surface area contributed by atoms with E-state index in [1.165, 1.54) is 6.07 Å². The van der Waals surface area contributed by atoms with Gasteiger partial charge in [0, 0.05) is 25.1 Å². The number of benzene rings is 1. The summed E-state index contributed by atoms with van der Waals surface area (Å²) in [7, 11) is 0. The molecular formula is C14H19ClF2N2O. The molecule has 20 heavy (non-hydrogen) atoms. The van der Waals surface area contributed by atoms with E-state index < -0.39 is 11.6 Å². The molecular weight excluding hydrogens is 286 g/mol. The molecule has 0 radical (unpaired) electrons. The van der Waals surface area contributed by atoms with Crippen LogP contribution in [0.4, 0.5) is 8.78 Å². The molecule has 1 aliphatic heterocycles. The molecule has 0 aliphatic carbocycles. The summed E-state index contributed by atoms with van der Waals surface area (Å²) in [5.74, 6) is -1.21. The van der Waals surface area contributed by atoms with Crippen molar-refractivity contribution < 1.29 is 13.6 Å². The van der Waals surface area contributed by atoms with Gasteiger partial charge in [-0.2, -0.15) is 0 Å². The molecule has 1 aromatic rings. The first-order chi connectivity index (χ1) is 8.90. The van der Waals surface area contributed by atoms with Gasteiger partial charge < -0.3 is 10.6 Å². The Labute approximate surface area is 123 Å². The third kappa shape index (κ3) is 3.27. The molecule has 1 amide bonds. The summed E-state index contributed by atoms with van der Waals surface area (Å²) in [5.41, 5.74) is 6.69. The second-order valence-electron chi connectivity index (χ2n) is 5.15. The average molecular weight is 305 g/mol. The predicted octanol–water partition coefficient (Wildman–Crippen LogP) is 2.57. The zero-order valence-corrected chi connectivity index (χ0v) is 12.3. The van der Waals surface area contributed by atoms with E-state index >= 15 is 0 Å². The van der Waals surface area contributed by atoms with Crippen LogP contribution in [0.2, 0.25) is 0 Å². The number of hydrogen-bond acceptors (Lipinski definition) is 2. The Kier molecular flexibility index (Phi) is 5.48. The lowest BCUT2D eigenvalue weighted by Gasteiger charge is -2.36. The number of nitrogens with two attached hydrogens (primary N) is 1. The number of nitrogens with zero attached hydrogens (tertiary/aromatic N) is 1. The summed E-state index contributed by atoms with van der Waals surface area (Å²) < 4.78 is 27.0. The van der Waals surface area contributed by atoms with Crippen LogP contribution in [0.3, 0.4) is 0 Å². The summed E-state index contributed by atoms with van der Waals surface area (Å²) in [5, 5.41) is 0. The molecule has 1 aromatic carbocycles. The highest BCUT2D eigenvalue weighted by molar-refractivity contribution is 5.85. The van der Waals surface area contributed by atoms with Gasteiger partial charge in [0.25, 0.3) is 0 Å². The molecule has 2 rings (SSSR count). The summed E-state index contributed by atoms with van der Waals surface area (Å²) >= 11 is 0. The normalized spacial score (nSPS) is 19.1. The minimum atomic E-state index is -0.607. The first-order valence-electron chi connectivity index (χ1n) is 6.43. The zero-order valence-electron chi connectivity index (χ0n) is 11.5. The molecule has 112 valence electrons. The highest BCUT2D eigenvalue weighted by atomic mass is 35.5. The lowest BCUT2D eigenvalue weighted by molar-refractivity contribution is -0.134. The van der Waals surface area contributed by atoms with Crippen LogP contribution in [0, 0.1) is 11.6 Å². The second kappa shape index (κ2) is 6.50. The molecule has 0 bridgehead atoms. The van der Waals surface area contributed by atoms with Crippen molar-refractivity contribution in [3.8, 4) is 0 Å². The van der Waals surface area contributed by atoms with Crippen molar-refractivity contribution in [2.24, 2.45) is 5.73 Å².